The Morgan fingerprint density at radius 1 is 1.86 bits per heavy atom. The van der Waals surface area contributed by atoms with Crippen molar-refractivity contribution in [3.8, 4) is 0 Å². The van der Waals surface area contributed by atoms with Crippen LogP contribution in [0.5, 0.6) is 0 Å². The second-order valence-electron chi connectivity index (χ2n) is 2.16. The summed E-state index contributed by atoms with van der Waals surface area (Å²) in [7, 11) is 1.39. The van der Waals surface area contributed by atoms with E-state index in [1.54, 1.807) is 0 Å². The zero-order chi connectivity index (χ0) is 10.7. The van der Waals surface area contributed by atoms with Gasteiger partial charge in [-0.2, -0.15) is 0 Å². The molecule has 1 rings (SSSR count). The number of nitrogens with zero attached hydrogens (tertiary/aromatic N) is 3. The third-order valence-electron chi connectivity index (χ3n) is 1.30. The van der Waals surface area contributed by atoms with Crippen molar-refractivity contribution in [3.05, 3.63) is 16.3 Å². The summed E-state index contributed by atoms with van der Waals surface area (Å²) < 4.78 is 0. The van der Waals surface area contributed by atoms with Crippen LogP contribution in [0.2, 0.25) is 0 Å². The van der Waals surface area contributed by atoms with Gasteiger partial charge in [0.1, 0.15) is 6.20 Å². The predicted molar refractivity (Wildman–Crippen MR) is 49.9 cm³/mol. The Labute approximate surface area is 82.5 Å². The van der Waals surface area contributed by atoms with E-state index < -0.39 is 11.0 Å². The maximum atomic E-state index is 11.0. The summed E-state index contributed by atoms with van der Waals surface area (Å²) >= 11 is 0.723. The van der Waals surface area contributed by atoms with Crippen LogP contribution in [0.25, 0.3) is 0 Å². The average Bonchev–Trinajstić information content (AvgIpc) is 2.64. The highest BCUT2D eigenvalue weighted by molar-refractivity contribution is 7.18. The lowest BCUT2D eigenvalue weighted by atomic mass is 10.8. The van der Waals surface area contributed by atoms with Crippen molar-refractivity contribution < 1.29 is 9.72 Å². The quantitative estimate of drug-likeness (QED) is 0.315. The van der Waals surface area contributed by atoms with Crippen molar-refractivity contribution in [1.29, 1.82) is 0 Å². The smallest absolute Gasteiger partial charge is 0.340 e. The van der Waals surface area contributed by atoms with Crippen LogP contribution in [0.15, 0.2) is 6.20 Å². The summed E-state index contributed by atoms with van der Waals surface area (Å²) in [6.45, 7) is 0. The molecule has 0 radical (unpaired) electrons. The van der Waals surface area contributed by atoms with Gasteiger partial charge in [-0.15, -0.1) is 0 Å². The van der Waals surface area contributed by atoms with Crippen LogP contribution in [0, 0.1) is 10.1 Å². The van der Waals surface area contributed by atoms with Crippen LogP contribution in [0.4, 0.5) is 14.9 Å². The van der Waals surface area contributed by atoms with E-state index in [1.165, 1.54) is 7.05 Å². The molecular formula is C5H7N5O3S. The van der Waals surface area contributed by atoms with Crippen molar-refractivity contribution in [2.24, 2.45) is 5.84 Å². The fourth-order valence-electron chi connectivity index (χ4n) is 0.660. The molecule has 0 aliphatic carbocycles. The Morgan fingerprint density at radius 2 is 2.50 bits per heavy atom. The normalized spacial score (nSPS) is 9.57. The average molecular weight is 217 g/mol. The summed E-state index contributed by atoms with van der Waals surface area (Å²) in [5.74, 6) is 5.31. The van der Waals surface area contributed by atoms with E-state index in [2.05, 4.69) is 10.3 Å². The minimum atomic E-state index is -0.598. The Morgan fingerprint density at radius 3 is 2.93 bits per heavy atom. The van der Waals surface area contributed by atoms with E-state index >= 15 is 0 Å². The van der Waals surface area contributed by atoms with Crippen molar-refractivity contribution >= 4 is 27.5 Å². The zero-order valence-electron chi connectivity index (χ0n) is 7.13. The van der Waals surface area contributed by atoms with Crippen molar-refractivity contribution in [2.45, 2.75) is 0 Å². The minimum absolute atomic E-state index is 0.0658. The van der Waals surface area contributed by atoms with E-state index in [0.717, 1.165) is 17.5 Å². The summed E-state index contributed by atoms with van der Waals surface area (Å²) in [5.41, 5.74) is 0. The SMILES string of the molecule is CNC(=O)N(N)c1ncc([N+](=O)[O-])s1. The summed E-state index contributed by atoms with van der Waals surface area (Å²) in [5, 5.41) is 13.2. The molecule has 0 bridgehead atoms. The number of nitro groups is 1. The molecule has 0 unspecified atom stereocenters. The number of carbonyl (C=O) groups excluding carboxylic acids is 1. The molecule has 3 N–H and O–H groups in total. The molecule has 1 aromatic heterocycles. The first-order chi connectivity index (χ1) is 6.56. The van der Waals surface area contributed by atoms with Gasteiger partial charge in [-0.05, 0) is 11.3 Å². The number of hydrogen-bond acceptors (Lipinski definition) is 6. The van der Waals surface area contributed by atoms with Crippen LogP contribution in [0.1, 0.15) is 0 Å². The molecule has 8 nitrogen and oxygen atoms in total. The number of thiazole rings is 1. The second-order valence-corrected chi connectivity index (χ2v) is 3.15. The Bertz CT molecular complexity index is 364. The number of anilines is 1. The fraction of sp³-hybridized carbons (Fsp3) is 0.200. The highest BCUT2D eigenvalue weighted by Gasteiger charge is 2.18. The van der Waals surface area contributed by atoms with Crippen LogP contribution in [-0.2, 0) is 0 Å². The van der Waals surface area contributed by atoms with E-state index in [9.17, 15) is 14.9 Å². The molecule has 0 atom stereocenters. The molecule has 14 heavy (non-hydrogen) atoms. The maximum Gasteiger partial charge on any atom is 0.345 e. The van der Waals surface area contributed by atoms with Crippen LogP contribution < -0.4 is 16.2 Å². The summed E-state index contributed by atoms with van der Waals surface area (Å²) in [6, 6.07) is -0.589. The third-order valence-corrected chi connectivity index (χ3v) is 2.25. The van der Waals surface area contributed by atoms with Crippen molar-refractivity contribution in [3.63, 3.8) is 0 Å². The highest BCUT2D eigenvalue weighted by atomic mass is 32.1. The number of hydrogen-bond donors (Lipinski definition) is 2. The molecule has 1 heterocycles. The number of nitrogens with one attached hydrogen (secondary N) is 1. The molecule has 0 aliphatic rings. The summed E-state index contributed by atoms with van der Waals surface area (Å²) in [4.78, 5) is 24.3. The van der Waals surface area contributed by atoms with E-state index in [4.69, 9.17) is 5.84 Å². The molecular weight excluding hydrogens is 210 g/mol. The van der Waals surface area contributed by atoms with E-state index in [1.807, 2.05) is 0 Å². The Balaban J connectivity index is 2.86. The minimum Gasteiger partial charge on any atom is -0.340 e. The van der Waals surface area contributed by atoms with Gasteiger partial charge in [0.2, 0.25) is 5.13 Å². The monoisotopic (exact) mass is 217 g/mol. The molecule has 0 aromatic carbocycles. The number of carbonyl (C=O) groups is 1. The molecule has 9 heteroatoms. The lowest BCUT2D eigenvalue weighted by Gasteiger charge is -2.10. The standard InChI is InChI=1S/C5H7N5O3S/c1-7-4(11)9(6)5-8-2-3(14-5)10(12)13/h2H,6H2,1H3,(H,7,11). The van der Waals surface area contributed by atoms with Gasteiger partial charge >= 0.3 is 11.0 Å². The van der Waals surface area contributed by atoms with E-state index in [-0.39, 0.29) is 10.1 Å². The van der Waals surface area contributed by atoms with Gasteiger partial charge in [0.05, 0.1) is 4.92 Å². The topological polar surface area (TPSA) is 114 Å². The molecule has 2 amide bonds. The predicted octanol–water partition coefficient (Wildman–Crippen LogP) is 0.0708. The molecule has 1 aromatic rings. The first kappa shape index (κ1) is 10.3. The molecule has 0 saturated carbocycles. The zero-order valence-corrected chi connectivity index (χ0v) is 7.95. The maximum absolute atomic E-state index is 11.0. The number of hydrazine groups is 1. The Hall–Kier alpha value is -1.74. The van der Waals surface area contributed by atoms with Gasteiger partial charge in [0.25, 0.3) is 0 Å². The molecule has 76 valence electrons. The lowest BCUT2D eigenvalue weighted by Crippen LogP contribution is -2.43. The van der Waals surface area contributed by atoms with Crippen molar-refractivity contribution in [2.75, 3.05) is 12.1 Å². The largest absolute Gasteiger partial charge is 0.345 e. The van der Waals surface area contributed by atoms with Gasteiger partial charge in [-0.3, -0.25) is 10.1 Å². The Kier molecular flexibility index (Phi) is 2.94. The van der Waals surface area contributed by atoms with Gasteiger partial charge in [0.15, 0.2) is 0 Å². The van der Waals surface area contributed by atoms with Crippen LogP contribution >= 0.6 is 11.3 Å². The number of nitrogens with two attached hydrogens (primary N) is 1. The molecule has 0 saturated heterocycles. The van der Waals surface area contributed by atoms with Crippen molar-refractivity contribution in [1.82, 2.24) is 10.3 Å². The van der Waals surface area contributed by atoms with Gasteiger partial charge in [-0.1, -0.05) is 0 Å². The number of rotatable bonds is 2. The number of aromatic nitrogens is 1. The molecule has 0 aliphatic heterocycles. The summed E-state index contributed by atoms with van der Waals surface area (Å²) in [6.07, 6.45) is 1.04. The van der Waals surface area contributed by atoms with Gasteiger partial charge in [0, 0.05) is 7.05 Å². The molecule has 0 fully saturated rings. The van der Waals surface area contributed by atoms with Crippen LogP contribution in [-0.4, -0.2) is 23.0 Å². The van der Waals surface area contributed by atoms with E-state index in [0.29, 0.717) is 5.01 Å². The highest BCUT2D eigenvalue weighted by Crippen LogP contribution is 2.26. The van der Waals surface area contributed by atoms with Crippen LogP contribution in [0.3, 0.4) is 0 Å². The number of urea groups is 1. The first-order valence-corrected chi connectivity index (χ1v) is 4.24. The van der Waals surface area contributed by atoms with Gasteiger partial charge < -0.3 is 5.32 Å². The van der Waals surface area contributed by atoms with Gasteiger partial charge in [-0.25, -0.2) is 20.6 Å². The third kappa shape index (κ3) is 1.95. The fourth-order valence-corrected chi connectivity index (χ4v) is 1.31. The lowest BCUT2D eigenvalue weighted by molar-refractivity contribution is -0.380. The number of amides is 2. The first-order valence-electron chi connectivity index (χ1n) is 3.43. The second kappa shape index (κ2) is 3.98. The molecule has 0 spiro atoms.